The van der Waals surface area contributed by atoms with Gasteiger partial charge in [-0.25, -0.2) is 9.78 Å². The number of carbonyl (C=O) groups is 5. The molecule has 5 heterocycles. The minimum absolute atomic E-state index is 0.0890. The third kappa shape index (κ3) is 10.1. The molecule has 67 heavy (non-hydrogen) atoms. The molecule has 0 spiro atoms. The number of ether oxygens (including phenoxy) is 1. The molecule has 342 valence electrons. The first-order valence-corrected chi connectivity index (χ1v) is 23.0. The Labute approximate surface area is 395 Å². The van der Waals surface area contributed by atoms with Gasteiger partial charge in [0.1, 0.15) is 16.5 Å². The van der Waals surface area contributed by atoms with Crippen LogP contribution in [0.2, 0.25) is 5.02 Å². The van der Waals surface area contributed by atoms with E-state index >= 15 is 0 Å². The summed E-state index contributed by atoms with van der Waals surface area (Å²) >= 11 is 7.97. The van der Waals surface area contributed by atoms with Gasteiger partial charge < -0.3 is 35.4 Å². The molecule has 9 rings (SSSR count). The van der Waals surface area contributed by atoms with Crippen LogP contribution in [-0.4, -0.2) is 95.2 Å². The molecule has 6 amide bonds. The number of nitrogens with one attached hydrogen (secondary N) is 4. The van der Waals surface area contributed by atoms with Crippen LogP contribution in [0.25, 0.3) is 10.2 Å². The van der Waals surface area contributed by atoms with Crippen LogP contribution in [0.5, 0.6) is 11.6 Å². The summed E-state index contributed by atoms with van der Waals surface area (Å²) in [5.41, 5.74) is 6.38. The number of likely N-dealkylation sites (N-methyl/N-ethyl adjacent to an activating group) is 1. The van der Waals surface area contributed by atoms with Gasteiger partial charge in [0.2, 0.25) is 23.6 Å². The second-order valence-electron chi connectivity index (χ2n) is 16.7. The highest BCUT2D eigenvalue weighted by Crippen LogP contribution is 2.35. The molecule has 6 aromatic rings. The molecule has 2 fully saturated rings. The fourth-order valence-corrected chi connectivity index (χ4v) is 9.11. The van der Waals surface area contributed by atoms with Crippen LogP contribution < -0.4 is 35.8 Å². The Morgan fingerprint density at radius 3 is 2.54 bits per heavy atom. The van der Waals surface area contributed by atoms with Crippen LogP contribution in [0.4, 0.5) is 33.5 Å². The standard InChI is InChI=1S/C49H47ClN10O6S/c1-29-7-11-36(25-39(29)50)59(49(65)51-26-31-8-14-38-32(23-31)28-60(47(38)64)41-15-16-42(61)55-45(41)63)27-30(2)44(62)52-34-5-4-6-37(24-34)66-46-43-40(17-22-67-43)54-48(56-46)53-33-9-12-35(13-10-33)58-20-18-57(3)19-21-58/h4-14,17,22-25,41H,2,15-16,18-21,26-28H2,1,3H3,(H,51,65)(H,52,62)(H,53,54,56)(H,55,61,63). The zero-order valence-corrected chi connectivity index (χ0v) is 38.4. The average Bonchev–Trinajstić information content (AvgIpc) is 3.93. The molecule has 3 aliphatic heterocycles. The zero-order chi connectivity index (χ0) is 46.8. The molecular weight excluding hydrogens is 892 g/mol. The summed E-state index contributed by atoms with van der Waals surface area (Å²) in [6.07, 6.45) is 0.414. The summed E-state index contributed by atoms with van der Waals surface area (Å²) < 4.78 is 7.10. The van der Waals surface area contributed by atoms with E-state index in [-0.39, 0.29) is 49.9 Å². The molecule has 18 heteroatoms. The second-order valence-corrected chi connectivity index (χ2v) is 18.0. The summed E-state index contributed by atoms with van der Waals surface area (Å²) in [6.45, 7) is 10.0. The number of piperazine rings is 1. The largest absolute Gasteiger partial charge is 0.437 e. The Bertz CT molecular complexity index is 2940. The molecule has 1 unspecified atom stereocenters. The number of amides is 6. The number of aromatic nitrogens is 2. The first-order valence-electron chi connectivity index (χ1n) is 21.8. The predicted molar refractivity (Wildman–Crippen MR) is 259 cm³/mol. The van der Waals surface area contributed by atoms with E-state index in [2.05, 4.69) is 56.8 Å². The van der Waals surface area contributed by atoms with E-state index in [0.29, 0.717) is 50.7 Å². The van der Waals surface area contributed by atoms with Crippen LogP contribution >= 0.6 is 22.9 Å². The third-order valence-electron chi connectivity index (χ3n) is 12.0. The lowest BCUT2D eigenvalue weighted by molar-refractivity contribution is -0.137. The Morgan fingerprint density at radius 1 is 0.955 bits per heavy atom. The number of anilines is 5. The molecule has 4 N–H and O–H groups in total. The van der Waals surface area contributed by atoms with Crippen LogP contribution in [0.1, 0.15) is 39.9 Å². The average molecular weight is 939 g/mol. The molecule has 4 aromatic carbocycles. The van der Waals surface area contributed by atoms with Crippen LogP contribution in [0.15, 0.2) is 109 Å². The molecule has 2 aromatic heterocycles. The van der Waals surface area contributed by atoms with Gasteiger partial charge in [0.15, 0.2) is 0 Å². The van der Waals surface area contributed by atoms with Gasteiger partial charge >= 0.3 is 6.03 Å². The van der Waals surface area contributed by atoms with Crippen molar-refractivity contribution in [3.05, 3.63) is 136 Å². The number of carbonyl (C=O) groups excluding carboxylic acids is 5. The van der Waals surface area contributed by atoms with Crippen LogP contribution in [0, 0.1) is 6.92 Å². The van der Waals surface area contributed by atoms with Crippen molar-refractivity contribution in [2.24, 2.45) is 0 Å². The number of nitrogens with zero attached hydrogens (tertiary/aromatic N) is 6. The summed E-state index contributed by atoms with van der Waals surface area (Å²) in [5.74, 6) is -0.500. The molecule has 1 atom stereocenters. The number of urea groups is 1. The number of imide groups is 1. The maximum atomic E-state index is 14.0. The highest BCUT2D eigenvalue weighted by atomic mass is 35.5. The molecule has 2 saturated heterocycles. The summed E-state index contributed by atoms with van der Waals surface area (Å²) in [4.78, 5) is 82.1. The van der Waals surface area contributed by atoms with Crippen molar-refractivity contribution < 1.29 is 28.7 Å². The summed E-state index contributed by atoms with van der Waals surface area (Å²) in [5, 5.41) is 13.8. The number of fused-ring (bicyclic) bond motifs is 2. The first kappa shape index (κ1) is 44.8. The van der Waals surface area contributed by atoms with Crippen molar-refractivity contribution in [3.63, 3.8) is 0 Å². The van der Waals surface area contributed by atoms with Gasteiger partial charge in [-0.2, -0.15) is 4.98 Å². The normalized spacial score (nSPS) is 16.1. The quantitative estimate of drug-likeness (QED) is 0.0661. The van der Waals surface area contributed by atoms with Gasteiger partial charge in [-0.1, -0.05) is 42.4 Å². The van der Waals surface area contributed by atoms with Crippen molar-refractivity contribution in [1.82, 2.24) is 30.4 Å². The Morgan fingerprint density at radius 2 is 1.76 bits per heavy atom. The monoisotopic (exact) mass is 938 g/mol. The number of rotatable bonds is 13. The third-order valence-corrected chi connectivity index (χ3v) is 13.3. The fraction of sp³-hybridized carbons (Fsp3) is 0.245. The topological polar surface area (TPSA) is 181 Å². The maximum Gasteiger partial charge on any atom is 0.322 e. The van der Waals surface area contributed by atoms with E-state index in [9.17, 15) is 24.0 Å². The number of aryl methyl sites for hydroxylation is 1. The van der Waals surface area contributed by atoms with Gasteiger partial charge in [-0.3, -0.25) is 29.4 Å². The van der Waals surface area contributed by atoms with Gasteiger partial charge in [-0.15, -0.1) is 11.3 Å². The molecule has 3 aliphatic rings. The molecule has 0 saturated carbocycles. The zero-order valence-electron chi connectivity index (χ0n) is 36.8. The summed E-state index contributed by atoms with van der Waals surface area (Å²) in [7, 11) is 2.14. The highest BCUT2D eigenvalue weighted by molar-refractivity contribution is 7.17. The van der Waals surface area contributed by atoms with Gasteiger partial charge in [0.25, 0.3) is 11.8 Å². The van der Waals surface area contributed by atoms with E-state index in [1.165, 1.54) is 26.8 Å². The number of piperidine rings is 1. The van der Waals surface area contributed by atoms with Crippen LogP contribution in [0.3, 0.4) is 0 Å². The number of halogens is 1. The van der Waals surface area contributed by atoms with Gasteiger partial charge in [-0.05, 0) is 103 Å². The lowest BCUT2D eigenvalue weighted by Gasteiger charge is -2.34. The number of hydrogen-bond donors (Lipinski definition) is 4. The van der Waals surface area contributed by atoms with E-state index in [0.717, 1.165) is 47.6 Å². The fourth-order valence-electron chi connectivity index (χ4n) is 8.18. The molecule has 16 nitrogen and oxygen atoms in total. The Balaban J connectivity index is 0.848. The second kappa shape index (κ2) is 19.2. The SMILES string of the molecule is C=C(CN(C(=O)NCc1ccc2c(c1)CN(C1CCC(=O)NC1=O)C2=O)c1ccc(C)c(Cl)c1)C(=O)Nc1cccc(Oc2nc(Nc3ccc(N4CCN(C)CC4)cc3)nc3ccsc23)c1. The van der Waals surface area contributed by atoms with Crippen molar-refractivity contribution >= 4 is 91.5 Å². The van der Waals surface area contributed by atoms with Crippen LogP contribution in [-0.2, 0) is 27.5 Å². The minimum Gasteiger partial charge on any atom is -0.437 e. The summed E-state index contributed by atoms with van der Waals surface area (Å²) in [6, 6.07) is 26.2. The molecule has 0 aliphatic carbocycles. The maximum absolute atomic E-state index is 14.0. The van der Waals surface area contributed by atoms with E-state index in [1.807, 2.05) is 36.6 Å². The first-order chi connectivity index (χ1) is 32.3. The smallest absolute Gasteiger partial charge is 0.322 e. The number of thiophene rings is 1. The molecule has 0 bridgehead atoms. The molecule has 0 radical (unpaired) electrons. The van der Waals surface area contributed by atoms with E-state index in [1.54, 1.807) is 54.6 Å². The number of hydrogen-bond acceptors (Lipinski definition) is 12. The van der Waals surface area contributed by atoms with Crippen molar-refractivity contribution in [1.29, 1.82) is 0 Å². The van der Waals surface area contributed by atoms with E-state index in [4.69, 9.17) is 26.3 Å². The lowest BCUT2D eigenvalue weighted by Crippen LogP contribution is -2.52. The lowest BCUT2D eigenvalue weighted by atomic mass is 10.0. The Kier molecular flexibility index (Phi) is 12.9. The van der Waals surface area contributed by atoms with Gasteiger partial charge in [0.05, 0.1) is 12.1 Å². The van der Waals surface area contributed by atoms with Gasteiger partial charge in [0, 0.05) is 90.7 Å². The predicted octanol–water partition coefficient (Wildman–Crippen LogP) is 7.61. The van der Waals surface area contributed by atoms with Crippen molar-refractivity contribution in [2.75, 3.05) is 60.2 Å². The highest BCUT2D eigenvalue weighted by Gasteiger charge is 2.39. The molecular formula is C49H47ClN10O6S. The number of benzene rings is 4. The van der Waals surface area contributed by atoms with Crippen molar-refractivity contribution in [2.45, 2.75) is 38.9 Å². The van der Waals surface area contributed by atoms with Crippen molar-refractivity contribution in [3.8, 4) is 11.6 Å². The minimum atomic E-state index is -0.737. The Hall–Kier alpha value is -7.34. The van der Waals surface area contributed by atoms with E-state index < -0.39 is 23.9 Å².